The first-order valence-corrected chi connectivity index (χ1v) is 30.5. The van der Waals surface area contributed by atoms with Crippen molar-refractivity contribution in [1.82, 2.24) is 0 Å². The van der Waals surface area contributed by atoms with E-state index < -0.39 is 13.9 Å². The van der Waals surface area contributed by atoms with Gasteiger partial charge in [-0.15, -0.1) is 0 Å². The Bertz CT molecular complexity index is 1460. The van der Waals surface area contributed by atoms with Crippen molar-refractivity contribution in [3.05, 3.63) is 97.2 Å². The Morgan fingerprint density at radius 2 is 0.817 bits per heavy atom. The topological polar surface area (TPSA) is 91.3 Å². The number of unbranched alkanes of at least 4 members (excludes halogenated alkanes) is 23. The Labute approximate surface area is 438 Å². The van der Waals surface area contributed by atoms with Crippen molar-refractivity contribution < 1.29 is 37.3 Å². The molecule has 0 aromatic rings. The number of carbonyl (C=O) groups excluding carboxylic acids is 1. The molecule has 2 atom stereocenters. The molecule has 410 valence electrons. The van der Waals surface area contributed by atoms with Crippen LogP contribution in [-0.4, -0.2) is 75.6 Å². The van der Waals surface area contributed by atoms with Gasteiger partial charge in [0.25, 0.3) is 0 Å². The summed E-state index contributed by atoms with van der Waals surface area (Å²) < 4.78 is 35.2. The summed E-state index contributed by atoms with van der Waals surface area (Å²) in [5, 5.41) is 0. The van der Waals surface area contributed by atoms with E-state index in [9.17, 15) is 14.3 Å². The predicted octanol–water partition coefficient (Wildman–Crippen LogP) is 18.5. The van der Waals surface area contributed by atoms with Gasteiger partial charge in [0.15, 0.2) is 0 Å². The van der Waals surface area contributed by atoms with Crippen LogP contribution >= 0.6 is 7.82 Å². The molecule has 0 aromatic heterocycles. The number of quaternary nitrogens is 1. The summed E-state index contributed by atoms with van der Waals surface area (Å²) in [6, 6.07) is 0. The van der Waals surface area contributed by atoms with Crippen LogP contribution in [0.4, 0.5) is 0 Å². The van der Waals surface area contributed by atoms with E-state index in [4.69, 9.17) is 18.5 Å². The van der Waals surface area contributed by atoms with Crippen LogP contribution in [0.3, 0.4) is 0 Å². The van der Waals surface area contributed by atoms with E-state index in [1.807, 2.05) is 21.1 Å². The number of allylic oxidation sites excluding steroid dienone is 16. The number of phosphoric acid groups is 1. The minimum atomic E-state index is -4.30. The Balaban J connectivity index is 4.17. The van der Waals surface area contributed by atoms with Crippen molar-refractivity contribution in [2.75, 3.05) is 54.1 Å². The van der Waals surface area contributed by atoms with Gasteiger partial charge < -0.3 is 18.9 Å². The number of carbonyl (C=O) groups is 1. The van der Waals surface area contributed by atoms with Gasteiger partial charge in [0.05, 0.1) is 34.4 Å². The fourth-order valence-corrected chi connectivity index (χ4v) is 8.45. The average molecular weight is 1010 g/mol. The van der Waals surface area contributed by atoms with Gasteiger partial charge in [-0.2, -0.15) is 0 Å². The molecule has 0 saturated heterocycles. The van der Waals surface area contributed by atoms with Crippen LogP contribution < -0.4 is 0 Å². The molecule has 0 heterocycles. The minimum absolute atomic E-state index is 0.0770. The third kappa shape index (κ3) is 58.2. The van der Waals surface area contributed by atoms with E-state index in [2.05, 4.69) is 111 Å². The number of nitrogens with zero attached hydrogens (tertiary/aromatic N) is 1. The van der Waals surface area contributed by atoms with Crippen LogP contribution in [0.1, 0.15) is 232 Å². The highest BCUT2D eigenvalue weighted by atomic mass is 31.2. The molecule has 0 aliphatic heterocycles. The highest BCUT2D eigenvalue weighted by molar-refractivity contribution is 7.47. The monoisotopic (exact) mass is 1010 g/mol. The zero-order valence-corrected chi connectivity index (χ0v) is 47.6. The Hall–Kier alpha value is -2.58. The number of rotatable bonds is 53. The van der Waals surface area contributed by atoms with Crippen LogP contribution in [0.2, 0.25) is 0 Å². The second-order valence-corrected chi connectivity index (χ2v) is 21.7. The van der Waals surface area contributed by atoms with Gasteiger partial charge in [-0.1, -0.05) is 227 Å². The molecule has 0 amide bonds. The summed E-state index contributed by atoms with van der Waals surface area (Å²) in [5.41, 5.74) is 0. The normalized spacial score (nSPS) is 14.2. The second kappa shape index (κ2) is 53.7. The summed E-state index contributed by atoms with van der Waals surface area (Å²) in [6.07, 6.45) is 74.7. The molecule has 0 aliphatic carbocycles. The second-order valence-electron chi connectivity index (χ2n) is 20.3. The zero-order valence-electron chi connectivity index (χ0n) is 46.7. The smallest absolute Gasteiger partial charge is 0.457 e. The number of likely N-dealkylation sites (N-methyl/N-ethyl adjacent to an activating group) is 1. The number of ether oxygens (including phenoxy) is 2. The van der Waals surface area contributed by atoms with E-state index in [0.717, 1.165) is 83.5 Å². The minimum Gasteiger partial charge on any atom is -0.457 e. The van der Waals surface area contributed by atoms with Crippen molar-refractivity contribution in [2.24, 2.45) is 0 Å². The number of esters is 1. The molecule has 0 aliphatic rings. The van der Waals surface area contributed by atoms with E-state index in [1.165, 1.54) is 128 Å². The van der Waals surface area contributed by atoms with Crippen molar-refractivity contribution in [1.29, 1.82) is 0 Å². The first-order chi connectivity index (χ1) is 34.6. The lowest BCUT2D eigenvalue weighted by Gasteiger charge is -2.24. The number of hydrogen-bond donors (Lipinski definition) is 1. The summed E-state index contributed by atoms with van der Waals surface area (Å²) >= 11 is 0. The van der Waals surface area contributed by atoms with Crippen LogP contribution in [-0.2, 0) is 27.9 Å². The molecular formula is C62H111NO7P+. The molecular weight excluding hydrogens is 902 g/mol. The van der Waals surface area contributed by atoms with Gasteiger partial charge >= 0.3 is 13.8 Å². The van der Waals surface area contributed by atoms with Crippen LogP contribution in [0, 0.1) is 0 Å². The third-order valence-corrected chi connectivity index (χ3v) is 13.1. The van der Waals surface area contributed by atoms with Gasteiger partial charge in [-0.3, -0.25) is 13.8 Å². The highest BCUT2D eigenvalue weighted by Gasteiger charge is 2.26. The standard InChI is InChI=1S/C62H110NO7P/c1-6-8-10-12-14-16-18-20-22-24-26-28-30-32-33-35-37-39-41-43-45-47-49-51-53-55-62(64)70-61(60-69-71(65,66)68-58-56-63(3,4)5)59-67-57-54-52-50-48-46-44-42-40-38-36-34-31-29-27-25-23-21-19-17-15-13-11-9-7-2/h8,10,14,16,20,22,25-28,32-33,37,39,43,45,61H,6-7,9,11-13,15,17-19,21,23-24,29-31,34-36,38,40-42,44,46-60H2,1-5H3/p+1/b10-8-,16-14-,22-20-,27-25-,28-26-,33-32-,39-37-,45-43-. The molecule has 0 saturated carbocycles. The van der Waals surface area contributed by atoms with E-state index in [0.29, 0.717) is 17.6 Å². The SMILES string of the molecule is CC/C=C\C/C=C\C/C=C\C/C=C\C/C=C\C/C=C\C/C=C\CCCCCC(=O)OC(COCCCCCCCCCCCCCC/C=C\CCCCCCCCCC)COP(=O)(O)OCC[N+](C)(C)C. The molecule has 0 rings (SSSR count). The quantitative estimate of drug-likeness (QED) is 0.0213. The summed E-state index contributed by atoms with van der Waals surface area (Å²) in [4.78, 5) is 23.1. The van der Waals surface area contributed by atoms with Gasteiger partial charge in [0, 0.05) is 13.0 Å². The van der Waals surface area contributed by atoms with Crippen molar-refractivity contribution in [2.45, 2.75) is 238 Å². The summed E-state index contributed by atoms with van der Waals surface area (Å²) in [5.74, 6) is -0.346. The van der Waals surface area contributed by atoms with Crippen LogP contribution in [0.15, 0.2) is 97.2 Å². The summed E-state index contributed by atoms with van der Waals surface area (Å²) in [7, 11) is 1.64. The molecule has 0 aromatic carbocycles. The van der Waals surface area contributed by atoms with Crippen LogP contribution in [0.5, 0.6) is 0 Å². The van der Waals surface area contributed by atoms with Crippen molar-refractivity contribution >= 4 is 13.8 Å². The zero-order chi connectivity index (χ0) is 51.9. The number of phosphoric ester groups is 1. The molecule has 2 unspecified atom stereocenters. The van der Waals surface area contributed by atoms with Gasteiger partial charge in [-0.05, 0) is 96.3 Å². The van der Waals surface area contributed by atoms with Crippen LogP contribution in [0.25, 0.3) is 0 Å². The van der Waals surface area contributed by atoms with Crippen molar-refractivity contribution in [3.8, 4) is 0 Å². The maximum Gasteiger partial charge on any atom is 0.472 e. The van der Waals surface area contributed by atoms with E-state index in [1.54, 1.807) is 0 Å². The fraction of sp³-hybridized carbons (Fsp3) is 0.726. The Morgan fingerprint density at radius 3 is 1.24 bits per heavy atom. The van der Waals surface area contributed by atoms with Gasteiger partial charge in [0.1, 0.15) is 19.3 Å². The third-order valence-electron chi connectivity index (χ3n) is 12.1. The lowest BCUT2D eigenvalue weighted by Crippen LogP contribution is -2.37. The molecule has 71 heavy (non-hydrogen) atoms. The first-order valence-electron chi connectivity index (χ1n) is 29.0. The van der Waals surface area contributed by atoms with Gasteiger partial charge in [-0.25, -0.2) is 4.57 Å². The molecule has 0 radical (unpaired) electrons. The van der Waals surface area contributed by atoms with Gasteiger partial charge in [0.2, 0.25) is 0 Å². The lowest BCUT2D eigenvalue weighted by molar-refractivity contribution is -0.870. The molecule has 8 nitrogen and oxygen atoms in total. The fourth-order valence-electron chi connectivity index (χ4n) is 7.71. The largest absolute Gasteiger partial charge is 0.472 e. The first kappa shape index (κ1) is 68.4. The molecule has 0 fully saturated rings. The molecule has 0 bridgehead atoms. The van der Waals surface area contributed by atoms with E-state index >= 15 is 0 Å². The molecule has 1 N–H and O–H groups in total. The maximum atomic E-state index is 12.8. The average Bonchev–Trinajstić information content (AvgIpc) is 3.33. The lowest BCUT2D eigenvalue weighted by atomic mass is 10.0. The Kier molecular flexibility index (Phi) is 51.8. The molecule has 0 spiro atoms. The van der Waals surface area contributed by atoms with Crippen molar-refractivity contribution in [3.63, 3.8) is 0 Å². The molecule has 9 heteroatoms. The Morgan fingerprint density at radius 1 is 0.451 bits per heavy atom. The maximum absolute atomic E-state index is 12.8. The predicted molar refractivity (Wildman–Crippen MR) is 307 cm³/mol. The number of hydrogen-bond acceptors (Lipinski definition) is 6. The van der Waals surface area contributed by atoms with E-state index in [-0.39, 0.29) is 32.2 Å². The summed E-state index contributed by atoms with van der Waals surface area (Å²) in [6.45, 7) is 5.47. The highest BCUT2D eigenvalue weighted by Crippen LogP contribution is 2.43.